The minimum Gasteiger partial charge on any atom is -0.309 e. The maximum atomic E-state index is 2.50. The zero-order valence-corrected chi connectivity index (χ0v) is 32.2. The Morgan fingerprint density at radius 3 is 1.71 bits per heavy atom. The van der Waals surface area contributed by atoms with Gasteiger partial charge in [0.05, 0.1) is 27.8 Å². The van der Waals surface area contributed by atoms with E-state index in [1.54, 1.807) is 0 Å². The summed E-state index contributed by atoms with van der Waals surface area (Å²) >= 11 is 0. The third kappa shape index (κ3) is 4.69. The average molecular weight is 749 g/mol. The van der Waals surface area contributed by atoms with Gasteiger partial charge in [0.1, 0.15) is 0 Å². The standard InChI is InChI=1S/C57H36N2/c1-2-18-40(19-3-1)58-53-26-11-10-23-44(53)50-34-56-51(35-55(50)58)49-33-39(29-31-54(49)59(56)52-27-13-17-37-15-5-7-21-42(37)52)38-28-30-47-48(32-38)43-22-8-9-24-46(43)57(47)45-25-12-16-36-14-4-6-20-41(36)45/h1-35,57H. The molecule has 1 unspecified atom stereocenters. The molecule has 0 spiro atoms. The van der Waals surface area contributed by atoms with E-state index in [1.165, 1.54) is 110 Å². The zero-order valence-electron chi connectivity index (χ0n) is 32.2. The molecule has 1 aliphatic rings. The first kappa shape index (κ1) is 32.4. The van der Waals surface area contributed by atoms with Crippen LogP contribution in [-0.2, 0) is 0 Å². The predicted octanol–water partition coefficient (Wildman–Crippen LogP) is 15.0. The Balaban J connectivity index is 1.07. The first-order valence-electron chi connectivity index (χ1n) is 20.5. The van der Waals surface area contributed by atoms with Crippen molar-refractivity contribution in [2.45, 2.75) is 5.92 Å². The van der Waals surface area contributed by atoms with Crippen LogP contribution >= 0.6 is 0 Å². The van der Waals surface area contributed by atoms with Gasteiger partial charge in [-0.1, -0.05) is 158 Å². The molecule has 2 nitrogen and oxygen atoms in total. The summed E-state index contributed by atoms with van der Waals surface area (Å²) in [5.74, 6) is 0.182. The fourth-order valence-electron chi connectivity index (χ4n) is 10.4. The Morgan fingerprint density at radius 1 is 0.288 bits per heavy atom. The number of fused-ring (bicyclic) bond motifs is 11. The Bertz CT molecular complexity index is 3670. The molecule has 12 aromatic rings. The molecule has 2 heterocycles. The Kier molecular flexibility index (Phi) is 6.82. The molecule has 274 valence electrons. The van der Waals surface area contributed by atoms with Gasteiger partial charge in [0.25, 0.3) is 0 Å². The molecule has 0 bridgehead atoms. The lowest BCUT2D eigenvalue weighted by Gasteiger charge is -2.17. The number of nitrogens with zero attached hydrogens (tertiary/aromatic N) is 2. The van der Waals surface area contributed by atoms with Crippen LogP contribution in [0.4, 0.5) is 0 Å². The lowest BCUT2D eigenvalue weighted by Crippen LogP contribution is -2.00. The lowest BCUT2D eigenvalue weighted by molar-refractivity contribution is 1.03. The molecule has 1 aliphatic carbocycles. The van der Waals surface area contributed by atoms with Crippen LogP contribution in [0.3, 0.4) is 0 Å². The summed E-state index contributed by atoms with van der Waals surface area (Å²) in [5.41, 5.74) is 16.4. The van der Waals surface area contributed by atoms with E-state index in [0.29, 0.717) is 0 Å². The van der Waals surface area contributed by atoms with Gasteiger partial charge in [-0.05, 0) is 110 Å². The van der Waals surface area contributed by atoms with Gasteiger partial charge in [-0.15, -0.1) is 0 Å². The molecule has 0 radical (unpaired) electrons. The fourth-order valence-corrected chi connectivity index (χ4v) is 10.4. The molecule has 13 rings (SSSR count). The maximum Gasteiger partial charge on any atom is 0.0549 e. The summed E-state index contributed by atoms with van der Waals surface area (Å²) in [6.07, 6.45) is 0. The molecule has 10 aromatic carbocycles. The second-order valence-corrected chi connectivity index (χ2v) is 16.0. The quantitative estimate of drug-likeness (QED) is 0.170. The van der Waals surface area contributed by atoms with E-state index in [0.717, 1.165) is 5.69 Å². The summed E-state index contributed by atoms with van der Waals surface area (Å²) in [5, 5.41) is 10.1. The molecular formula is C57H36N2. The van der Waals surface area contributed by atoms with E-state index in [9.17, 15) is 0 Å². The smallest absolute Gasteiger partial charge is 0.0549 e. The summed E-state index contributed by atoms with van der Waals surface area (Å²) in [7, 11) is 0. The number of hydrogen-bond acceptors (Lipinski definition) is 0. The van der Waals surface area contributed by atoms with E-state index in [-0.39, 0.29) is 5.92 Å². The van der Waals surface area contributed by atoms with Gasteiger partial charge in [0.15, 0.2) is 0 Å². The van der Waals surface area contributed by atoms with Crippen LogP contribution in [0.5, 0.6) is 0 Å². The SMILES string of the molecule is c1ccc(-n2c3ccccc3c3cc4c(cc32)c2cc(-c3ccc5c(c3)-c3ccccc3C5c3cccc5ccccc35)ccc2n4-c2cccc3ccccc23)cc1. The van der Waals surface area contributed by atoms with Crippen molar-refractivity contribution in [3.8, 4) is 33.6 Å². The normalized spacial score (nSPS) is 13.6. The average Bonchev–Trinajstić information content (AvgIpc) is 3.92. The first-order valence-corrected chi connectivity index (χ1v) is 20.5. The summed E-state index contributed by atoms with van der Waals surface area (Å²) in [6, 6.07) is 78.8. The van der Waals surface area contributed by atoms with Gasteiger partial charge >= 0.3 is 0 Å². The van der Waals surface area contributed by atoms with Crippen molar-refractivity contribution in [2.75, 3.05) is 0 Å². The Hall–Kier alpha value is -7.68. The molecule has 0 saturated carbocycles. The summed E-state index contributed by atoms with van der Waals surface area (Å²) < 4.78 is 4.93. The summed E-state index contributed by atoms with van der Waals surface area (Å²) in [6.45, 7) is 0. The molecule has 2 aromatic heterocycles. The fraction of sp³-hybridized carbons (Fsp3) is 0.0175. The topological polar surface area (TPSA) is 9.86 Å². The van der Waals surface area contributed by atoms with Gasteiger partial charge in [-0.3, -0.25) is 0 Å². The van der Waals surface area contributed by atoms with Gasteiger partial charge < -0.3 is 9.13 Å². The number of rotatable bonds is 4. The minimum atomic E-state index is 0.182. The highest BCUT2D eigenvalue weighted by Crippen LogP contribution is 2.51. The van der Waals surface area contributed by atoms with Crippen LogP contribution in [0.2, 0.25) is 0 Å². The maximum absolute atomic E-state index is 2.50. The molecule has 0 fully saturated rings. The third-order valence-corrected chi connectivity index (χ3v) is 13.0. The molecular weight excluding hydrogens is 713 g/mol. The van der Waals surface area contributed by atoms with E-state index in [4.69, 9.17) is 0 Å². The van der Waals surface area contributed by atoms with Gasteiger partial charge in [-0.25, -0.2) is 0 Å². The van der Waals surface area contributed by atoms with Crippen LogP contribution in [0, 0.1) is 0 Å². The third-order valence-electron chi connectivity index (χ3n) is 13.0. The number of hydrogen-bond donors (Lipinski definition) is 0. The van der Waals surface area contributed by atoms with Crippen molar-refractivity contribution in [1.82, 2.24) is 9.13 Å². The van der Waals surface area contributed by atoms with Gasteiger partial charge in [-0.2, -0.15) is 0 Å². The zero-order chi connectivity index (χ0) is 38.6. The highest BCUT2D eigenvalue weighted by Gasteiger charge is 2.31. The number of para-hydroxylation sites is 2. The van der Waals surface area contributed by atoms with Crippen molar-refractivity contribution in [3.05, 3.63) is 229 Å². The largest absolute Gasteiger partial charge is 0.309 e. The van der Waals surface area contributed by atoms with E-state index in [2.05, 4.69) is 221 Å². The van der Waals surface area contributed by atoms with Crippen molar-refractivity contribution in [1.29, 1.82) is 0 Å². The Morgan fingerprint density at radius 2 is 0.847 bits per heavy atom. The van der Waals surface area contributed by atoms with Crippen LogP contribution in [0.25, 0.3) is 98.8 Å². The van der Waals surface area contributed by atoms with Crippen molar-refractivity contribution < 1.29 is 0 Å². The number of benzene rings is 10. The second kappa shape index (κ2) is 12.4. The van der Waals surface area contributed by atoms with Crippen LogP contribution in [-0.4, -0.2) is 9.13 Å². The van der Waals surface area contributed by atoms with Crippen molar-refractivity contribution in [2.24, 2.45) is 0 Å². The molecule has 0 N–H and O–H groups in total. The molecule has 59 heavy (non-hydrogen) atoms. The Labute approximate surface area is 341 Å². The minimum absolute atomic E-state index is 0.182. The molecule has 0 amide bonds. The number of aromatic nitrogens is 2. The van der Waals surface area contributed by atoms with E-state index < -0.39 is 0 Å². The monoisotopic (exact) mass is 748 g/mol. The molecule has 0 aliphatic heterocycles. The predicted molar refractivity (Wildman–Crippen MR) is 248 cm³/mol. The molecule has 2 heteroatoms. The highest BCUT2D eigenvalue weighted by molar-refractivity contribution is 6.20. The second-order valence-electron chi connectivity index (χ2n) is 16.0. The van der Waals surface area contributed by atoms with E-state index >= 15 is 0 Å². The van der Waals surface area contributed by atoms with Crippen molar-refractivity contribution in [3.63, 3.8) is 0 Å². The van der Waals surface area contributed by atoms with Gasteiger partial charge in [0, 0.05) is 38.5 Å². The van der Waals surface area contributed by atoms with Gasteiger partial charge in [0.2, 0.25) is 0 Å². The van der Waals surface area contributed by atoms with Crippen molar-refractivity contribution >= 4 is 65.2 Å². The van der Waals surface area contributed by atoms with Crippen LogP contribution < -0.4 is 0 Å². The molecule has 1 atom stereocenters. The highest BCUT2D eigenvalue weighted by atomic mass is 15.0. The molecule has 0 saturated heterocycles. The van der Waals surface area contributed by atoms with Crippen LogP contribution in [0.15, 0.2) is 212 Å². The van der Waals surface area contributed by atoms with Crippen LogP contribution in [0.1, 0.15) is 22.6 Å². The first-order chi connectivity index (χ1) is 29.3. The lowest BCUT2D eigenvalue weighted by atomic mass is 9.86. The summed E-state index contributed by atoms with van der Waals surface area (Å²) in [4.78, 5) is 0. The van der Waals surface area contributed by atoms with E-state index in [1.807, 2.05) is 0 Å².